The fourth-order valence-corrected chi connectivity index (χ4v) is 3.49. The molecule has 1 fully saturated rings. The Labute approximate surface area is 162 Å². The molecule has 6 nitrogen and oxygen atoms in total. The van der Waals surface area contributed by atoms with Crippen molar-refractivity contribution in [1.29, 1.82) is 0 Å². The van der Waals surface area contributed by atoms with Crippen LogP contribution in [-0.2, 0) is 11.3 Å². The molecule has 140 valence electrons. The lowest BCUT2D eigenvalue weighted by Gasteiger charge is -2.16. The number of benzene rings is 2. The second kappa shape index (κ2) is 8.73. The van der Waals surface area contributed by atoms with Crippen LogP contribution in [-0.4, -0.2) is 42.2 Å². The first-order chi connectivity index (χ1) is 13.1. The van der Waals surface area contributed by atoms with Gasteiger partial charge in [0, 0.05) is 11.6 Å². The third-order valence-electron chi connectivity index (χ3n) is 4.23. The van der Waals surface area contributed by atoms with Crippen LogP contribution in [0.1, 0.15) is 16.7 Å². The summed E-state index contributed by atoms with van der Waals surface area (Å²) >= 11 is 1.40. The predicted molar refractivity (Wildman–Crippen MR) is 109 cm³/mol. The topological polar surface area (TPSA) is 63.5 Å². The monoisotopic (exact) mass is 383 g/mol. The standard InChI is InChI=1S/C20H21N3O3S/c1-14-6-4-5-7-16(14)12-23-19(24)13-27-20(23)22-21-11-15-8-9-17(25-2)10-18(15)26-3/h4-11H,12-13H2,1-3H3/b21-11-,22-20+. The van der Waals surface area contributed by atoms with E-state index in [-0.39, 0.29) is 5.91 Å². The first-order valence-electron chi connectivity index (χ1n) is 8.43. The molecule has 27 heavy (non-hydrogen) atoms. The summed E-state index contributed by atoms with van der Waals surface area (Å²) in [7, 11) is 3.19. The largest absolute Gasteiger partial charge is 0.497 e. The van der Waals surface area contributed by atoms with Crippen molar-refractivity contribution in [1.82, 2.24) is 4.90 Å². The van der Waals surface area contributed by atoms with E-state index in [1.807, 2.05) is 43.3 Å². The van der Waals surface area contributed by atoms with E-state index in [1.165, 1.54) is 11.8 Å². The Morgan fingerprint density at radius 2 is 2.00 bits per heavy atom. The van der Waals surface area contributed by atoms with Crippen molar-refractivity contribution in [2.45, 2.75) is 13.5 Å². The molecule has 0 bridgehead atoms. The minimum atomic E-state index is 0.0410. The van der Waals surface area contributed by atoms with Crippen LogP contribution in [0.5, 0.6) is 11.5 Å². The highest BCUT2D eigenvalue weighted by atomic mass is 32.2. The number of ether oxygens (including phenoxy) is 2. The molecule has 2 aromatic carbocycles. The molecular formula is C20H21N3O3S. The van der Waals surface area contributed by atoms with E-state index < -0.39 is 0 Å². The lowest BCUT2D eigenvalue weighted by molar-refractivity contribution is -0.124. The highest BCUT2D eigenvalue weighted by Crippen LogP contribution is 2.25. The Balaban J connectivity index is 1.78. The number of carbonyl (C=O) groups is 1. The van der Waals surface area contributed by atoms with Crippen molar-refractivity contribution in [3.8, 4) is 11.5 Å². The fourth-order valence-electron chi connectivity index (χ4n) is 2.65. The molecule has 0 N–H and O–H groups in total. The van der Waals surface area contributed by atoms with E-state index in [1.54, 1.807) is 31.4 Å². The maximum absolute atomic E-state index is 12.2. The molecule has 1 amide bonds. The van der Waals surface area contributed by atoms with E-state index in [9.17, 15) is 4.79 Å². The number of hydrogen-bond acceptors (Lipinski definition) is 6. The molecule has 0 spiro atoms. The number of amides is 1. The zero-order valence-corrected chi connectivity index (χ0v) is 16.3. The zero-order valence-electron chi connectivity index (χ0n) is 15.5. The molecule has 0 unspecified atom stereocenters. The van der Waals surface area contributed by atoms with Gasteiger partial charge in [-0.3, -0.25) is 9.69 Å². The van der Waals surface area contributed by atoms with Crippen LogP contribution in [0.2, 0.25) is 0 Å². The molecule has 1 aliphatic heterocycles. The van der Waals surface area contributed by atoms with Gasteiger partial charge in [0.25, 0.3) is 0 Å². The van der Waals surface area contributed by atoms with Crippen molar-refractivity contribution in [2.24, 2.45) is 10.2 Å². The summed E-state index contributed by atoms with van der Waals surface area (Å²) in [4.78, 5) is 13.9. The van der Waals surface area contributed by atoms with Crippen LogP contribution in [0, 0.1) is 6.92 Å². The maximum atomic E-state index is 12.2. The summed E-state index contributed by atoms with van der Waals surface area (Å²) < 4.78 is 10.5. The van der Waals surface area contributed by atoms with Crippen LogP contribution in [0.25, 0.3) is 0 Å². The van der Waals surface area contributed by atoms with Crippen LogP contribution in [0.15, 0.2) is 52.7 Å². The van der Waals surface area contributed by atoms with Gasteiger partial charge in [-0.25, -0.2) is 0 Å². The molecular weight excluding hydrogens is 362 g/mol. The highest BCUT2D eigenvalue weighted by molar-refractivity contribution is 8.15. The number of aryl methyl sites for hydroxylation is 1. The van der Waals surface area contributed by atoms with Gasteiger partial charge in [-0.15, -0.1) is 5.10 Å². The Morgan fingerprint density at radius 1 is 1.19 bits per heavy atom. The highest BCUT2D eigenvalue weighted by Gasteiger charge is 2.28. The normalized spacial score (nSPS) is 15.7. The molecule has 0 aromatic heterocycles. The van der Waals surface area contributed by atoms with Crippen LogP contribution in [0.4, 0.5) is 0 Å². The molecule has 2 aromatic rings. The molecule has 0 saturated carbocycles. The van der Waals surface area contributed by atoms with Crippen molar-refractivity contribution >= 4 is 29.1 Å². The zero-order chi connectivity index (χ0) is 19.2. The van der Waals surface area contributed by atoms with E-state index in [0.29, 0.717) is 29.0 Å². The summed E-state index contributed by atoms with van der Waals surface area (Å²) in [5.41, 5.74) is 3.03. The molecule has 3 rings (SSSR count). The predicted octanol–water partition coefficient (Wildman–Crippen LogP) is 3.48. The van der Waals surface area contributed by atoms with Gasteiger partial charge in [0.1, 0.15) is 11.5 Å². The number of methoxy groups -OCH3 is 2. The third kappa shape index (κ3) is 4.49. The molecule has 1 heterocycles. The molecule has 0 radical (unpaired) electrons. The summed E-state index contributed by atoms with van der Waals surface area (Å²) in [5.74, 6) is 1.77. The van der Waals surface area contributed by atoms with E-state index in [2.05, 4.69) is 10.2 Å². The summed E-state index contributed by atoms with van der Waals surface area (Å²) in [6.45, 7) is 2.53. The number of hydrogen-bond donors (Lipinski definition) is 0. The molecule has 1 saturated heterocycles. The average molecular weight is 383 g/mol. The van der Waals surface area contributed by atoms with E-state index in [4.69, 9.17) is 9.47 Å². The van der Waals surface area contributed by atoms with Gasteiger partial charge in [0.05, 0.1) is 32.7 Å². The van der Waals surface area contributed by atoms with Gasteiger partial charge in [-0.2, -0.15) is 5.10 Å². The van der Waals surface area contributed by atoms with Crippen LogP contribution >= 0.6 is 11.8 Å². The Kier molecular flexibility index (Phi) is 6.13. The number of thioether (sulfide) groups is 1. The lowest BCUT2D eigenvalue weighted by atomic mass is 10.1. The summed E-state index contributed by atoms with van der Waals surface area (Å²) in [5, 5.41) is 9.03. The van der Waals surface area contributed by atoms with E-state index in [0.717, 1.165) is 16.7 Å². The SMILES string of the molecule is COc1ccc(/C=N\N=C2\SCC(=O)N2Cc2ccccc2C)c(OC)c1. The Morgan fingerprint density at radius 3 is 2.74 bits per heavy atom. The van der Waals surface area contributed by atoms with Crippen molar-refractivity contribution in [3.63, 3.8) is 0 Å². The van der Waals surface area contributed by atoms with Crippen LogP contribution < -0.4 is 9.47 Å². The second-order valence-corrected chi connectivity index (χ2v) is 6.87. The molecule has 0 atom stereocenters. The van der Waals surface area contributed by atoms with Gasteiger partial charge >= 0.3 is 0 Å². The van der Waals surface area contributed by atoms with Gasteiger partial charge in [-0.05, 0) is 30.2 Å². The Hall–Kier alpha value is -2.80. The number of amidine groups is 1. The fraction of sp³-hybridized carbons (Fsp3) is 0.250. The summed E-state index contributed by atoms with van der Waals surface area (Å²) in [6.07, 6.45) is 1.61. The minimum Gasteiger partial charge on any atom is -0.497 e. The number of rotatable bonds is 6. The first kappa shape index (κ1) is 19.0. The van der Waals surface area contributed by atoms with Crippen molar-refractivity contribution in [2.75, 3.05) is 20.0 Å². The minimum absolute atomic E-state index is 0.0410. The van der Waals surface area contributed by atoms with E-state index >= 15 is 0 Å². The van der Waals surface area contributed by atoms with Gasteiger partial charge in [0.15, 0.2) is 5.17 Å². The van der Waals surface area contributed by atoms with Crippen LogP contribution in [0.3, 0.4) is 0 Å². The smallest absolute Gasteiger partial charge is 0.239 e. The lowest BCUT2D eigenvalue weighted by Crippen LogP contribution is -2.29. The summed E-state index contributed by atoms with van der Waals surface area (Å²) in [6, 6.07) is 13.5. The van der Waals surface area contributed by atoms with Gasteiger partial charge in [0.2, 0.25) is 5.91 Å². The Bertz CT molecular complexity index is 896. The van der Waals surface area contributed by atoms with Crippen molar-refractivity contribution in [3.05, 3.63) is 59.2 Å². The average Bonchev–Trinajstić information content (AvgIpc) is 3.03. The quantitative estimate of drug-likeness (QED) is 0.566. The van der Waals surface area contributed by atoms with Gasteiger partial charge < -0.3 is 9.47 Å². The van der Waals surface area contributed by atoms with Crippen molar-refractivity contribution < 1.29 is 14.3 Å². The van der Waals surface area contributed by atoms with Gasteiger partial charge in [-0.1, -0.05) is 36.0 Å². The molecule has 7 heteroatoms. The molecule has 0 aliphatic carbocycles. The second-order valence-electron chi connectivity index (χ2n) is 5.93. The first-order valence-corrected chi connectivity index (χ1v) is 9.41. The third-order valence-corrected chi connectivity index (χ3v) is 5.18. The number of nitrogens with zero attached hydrogens (tertiary/aromatic N) is 3. The maximum Gasteiger partial charge on any atom is 0.239 e. The molecule has 1 aliphatic rings. The number of carbonyl (C=O) groups excluding carboxylic acids is 1.